The van der Waals surface area contributed by atoms with Crippen molar-refractivity contribution < 1.29 is 15.1 Å². The van der Waals surface area contributed by atoms with Crippen molar-refractivity contribution in [3.8, 4) is 0 Å². The number of carbonyl (C=O) groups is 1. The minimum Gasteiger partial charge on any atom is -0.411 e. The summed E-state index contributed by atoms with van der Waals surface area (Å²) in [4.78, 5) is 12.3. The zero-order chi connectivity index (χ0) is 14.2. The Morgan fingerprint density at radius 2 is 1.89 bits per heavy atom. The van der Waals surface area contributed by atoms with Crippen LogP contribution in [-0.4, -0.2) is 27.9 Å². The number of aliphatic hydroxyl groups excluding tert-OH is 1. The highest BCUT2D eigenvalue weighted by Crippen LogP contribution is 2.72. The van der Waals surface area contributed by atoms with Gasteiger partial charge >= 0.3 is 0 Å². The van der Waals surface area contributed by atoms with Crippen LogP contribution in [0, 0.1) is 34.5 Å². The number of hydrogen-bond acceptors (Lipinski definition) is 4. The molecule has 4 aliphatic carbocycles. The standard InChI is InChI=1S/C15H23NO3/c1-7-5-8(16-19)11-12-10(7)15(11,4)6-9(17)13(18)14(12,2)3/h7,10-13,18-19H,5-6H2,1-4H3/t7-,10+,11-,12+,13-,15-/m1/s1. The molecule has 0 saturated heterocycles. The van der Waals surface area contributed by atoms with E-state index in [0.717, 1.165) is 12.1 Å². The van der Waals surface area contributed by atoms with Crippen LogP contribution in [0.1, 0.15) is 40.5 Å². The van der Waals surface area contributed by atoms with Gasteiger partial charge in [-0.3, -0.25) is 4.79 Å². The van der Waals surface area contributed by atoms with Gasteiger partial charge in [-0.2, -0.15) is 0 Å². The summed E-state index contributed by atoms with van der Waals surface area (Å²) in [5.41, 5.74) is 0.264. The Kier molecular flexibility index (Phi) is 2.48. The second-order valence-electron chi connectivity index (χ2n) is 7.67. The molecular weight excluding hydrogens is 242 g/mol. The minimum absolute atomic E-state index is 0.0473. The lowest BCUT2D eigenvalue weighted by Crippen LogP contribution is -2.67. The Balaban J connectivity index is 2.15. The van der Waals surface area contributed by atoms with Crippen LogP contribution in [0.2, 0.25) is 0 Å². The number of fused-ring (bicyclic) bond motifs is 2. The summed E-state index contributed by atoms with van der Waals surface area (Å²) in [6, 6.07) is 0. The molecule has 4 heteroatoms. The zero-order valence-electron chi connectivity index (χ0n) is 12.1. The number of Topliss-reactive ketones (excluding diaryl/α,β-unsaturated/α-hetero) is 1. The van der Waals surface area contributed by atoms with E-state index in [4.69, 9.17) is 0 Å². The van der Waals surface area contributed by atoms with E-state index in [2.05, 4.69) is 19.0 Å². The highest BCUT2D eigenvalue weighted by molar-refractivity contribution is 5.94. The first-order valence-electron chi connectivity index (χ1n) is 7.16. The molecule has 19 heavy (non-hydrogen) atoms. The van der Waals surface area contributed by atoms with Gasteiger partial charge in [0.25, 0.3) is 0 Å². The number of aliphatic hydroxyl groups is 1. The first-order chi connectivity index (χ1) is 8.75. The summed E-state index contributed by atoms with van der Waals surface area (Å²) in [5.74, 6) is 1.19. The fourth-order valence-corrected chi connectivity index (χ4v) is 5.58. The van der Waals surface area contributed by atoms with Gasteiger partial charge in [0.05, 0.1) is 5.71 Å². The van der Waals surface area contributed by atoms with Gasteiger partial charge in [-0.25, -0.2) is 0 Å². The van der Waals surface area contributed by atoms with Gasteiger partial charge < -0.3 is 10.3 Å². The van der Waals surface area contributed by atoms with Crippen molar-refractivity contribution in [3.63, 3.8) is 0 Å². The average Bonchev–Trinajstić information content (AvgIpc) is 2.42. The van der Waals surface area contributed by atoms with Crippen molar-refractivity contribution in [3.05, 3.63) is 0 Å². The van der Waals surface area contributed by atoms with Crippen molar-refractivity contribution >= 4 is 11.5 Å². The Bertz CT molecular complexity index is 470. The molecule has 0 aliphatic heterocycles. The van der Waals surface area contributed by atoms with Crippen LogP contribution in [0.25, 0.3) is 0 Å². The predicted octanol–water partition coefficient (Wildman–Crippen LogP) is 2.08. The smallest absolute Gasteiger partial charge is 0.162 e. The topological polar surface area (TPSA) is 69.9 Å². The number of ketones is 1. The monoisotopic (exact) mass is 265 g/mol. The first-order valence-corrected chi connectivity index (χ1v) is 7.16. The lowest BCUT2D eigenvalue weighted by atomic mass is 9.35. The molecule has 0 heterocycles. The third kappa shape index (κ3) is 1.33. The number of carbonyl (C=O) groups excluding carboxylic acids is 1. The maximum Gasteiger partial charge on any atom is 0.162 e. The molecule has 4 nitrogen and oxygen atoms in total. The molecule has 0 aromatic rings. The van der Waals surface area contributed by atoms with Crippen LogP contribution in [0.4, 0.5) is 0 Å². The minimum atomic E-state index is -0.892. The fraction of sp³-hybridized carbons (Fsp3) is 0.867. The van der Waals surface area contributed by atoms with Gasteiger partial charge in [-0.1, -0.05) is 32.9 Å². The van der Waals surface area contributed by atoms with E-state index in [1.807, 2.05) is 13.8 Å². The van der Waals surface area contributed by atoms with Crippen LogP contribution >= 0.6 is 0 Å². The van der Waals surface area contributed by atoms with Crippen molar-refractivity contribution in [2.45, 2.75) is 46.6 Å². The van der Waals surface area contributed by atoms with Crippen LogP contribution in [0.3, 0.4) is 0 Å². The normalized spacial score (nSPS) is 53.6. The summed E-state index contributed by atoms with van der Waals surface area (Å²) in [6.45, 7) is 8.27. The number of oxime groups is 1. The van der Waals surface area contributed by atoms with E-state index < -0.39 is 11.5 Å². The largest absolute Gasteiger partial charge is 0.411 e. The van der Waals surface area contributed by atoms with E-state index in [9.17, 15) is 15.1 Å². The molecule has 0 spiro atoms. The molecule has 4 rings (SSSR count). The Hall–Kier alpha value is -0.900. The Morgan fingerprint density at radius 3 is 2.47 bits per heavy atom. The first kappa shape index (κ1) is 13.1. The fourth-order valence-electron chi connectivity index (χ4n) is 5.58. The van der Waals surface area contributed by atoms with E-state index in [1.165, 1.54) is 0 Å². The molecule has 0 aromatic heterocycles. The number of hydrogen-bond donors (Lipinski definition) is 2. The van der Waals surface area contributed by atoms with Crippen LogP contribution in [-0.2, 0) is 4.79 Å². The maximum atomic E-state index is 12.3. The highest BCUT2D eigenvalue weighted by Gasteiger charge is 2.72. The molecule has 0 unspecified atom stereocenters. The van der Waals surface area contributed by atoms with Crippen molar-refractivity contribution in [2.24, 2.45) is 39.7 Å². The quantitative estimate of drug-likeness (QED) is 0.520. The van der Waals surface area contributed by atoms with Crippen molar-refractivity contribution in [1.82, 2.24) is 0 Å². The van der Waals surface area contributed by atoms with E-state index in [1.54, 1.807) is 0 Å². The maximum absolute atomic E-state index is 12.3. The van der Waals surface area contributed by atoms with Crippen LogP contribution in [0.15, 0.2) is 5.16 Å². The second kappa shape index (κ2) is 3.60. The second-order valence-corrected chi connectivity index (χ2v) is 7.67. The molecule has 4 saturated carbocycles. The van der Waals surface area contributed by atoms with Gasteiger partial charge in [0.2, 0.25) is 0 Å². The summed E-state index contributed by atoms with van der Waals surface area (Å²) >= 11 is 0. The Labute approximate surface area is 113 Å². The SMILES string of the molecule is C[C@@H]1CC(=NO)[C@@H]2[C@@H]3[C@H]1[C@@]2(C)CC(=O)[C@@H](O)C3(C)C. The molecule has 4 aliphatic rings. The molecule has 6 atom stereocenters. The summed E-state index contributed by atoms with van der Waals surface area (Å²) in [5, 5.41) is 23.2. The lowest BCUT2D eigenvalue weighted by molar-refractivity contribution is -0.169. The van der Waals surface area contributed by atoms with Gasteiger partial charge in [-0.15, -0.1) is 0 Å². The summed E-state index contributed by atoms with van der Waals surface area (Å²) in [6.07, 6.45) is 0.336. The summed E-state index contributed by atoms with van der Waals surface area (Å²) in [7, 11) is 0. The van der Waals surface area contributed by atoms with E-state index >= 15 is 0 Å². The number of rotatable bonds is 0. The molecular formula is C15H23NO3. The van der Waals surface area contributed by atoms with Crippen molar-refractivity contribution in [2.75, 3.05) is 0 Å². The Morgan fingerprint density at radius 1 is 1.26 bits per heavy atom. The van der Waals surface area contributed by atoms with E-state index in [-0.39, 0.29) is 23.0 Å². The van der Waals surface area contributed by atoms with Crippen molar-refractivity contribution in [1.29, 1.82) is 0 Å². The van der Waals surface area contributed by atoms with Gasteiger partial charge in [0.15, 0.2) is 5.78 Å². The van der Waals surface area contributed by atoms with Gasteiger partial charge in [0, 0.05) is 17.8 Å². The molecule has 2 N–H and O–H groups in total. The molecule has 4 bridgehead atoms. The molecule has 0 amide bonds. The third-order valence-electron chi connectivity index (χ3n) is 6.27. The predicted molar refractivity (Wildman–Crippen MR) is 71.0 cm³/mol. The molecule has 106 valence electrons. The van der Waals surface area contributed by atoms with E-state index in [0.29, 0.717) is 18.3 Å². The van der Waals surface area contributed by atoms with Gasteiger partial charge in [0.1, 0.15) is 6.10 Å². The average molecular weight is 265 g/mol. The number of nitrogens with zero attached hydrogens (tertiary/aromatic N) is 1. The van der Waals surface area contributed by atoms with Gasteiger partial charge in [-0.05, 0) is 29.6 Å². The zero-order valence-corrected chi connectivity index (χ0v) is 12.1. The lowest BCUT2D eigenvalue weighted by Gasteiger charge is -2.68. The highest BCUT2D eigenvalue weighted by atomic mass is 16.4. The van der Waals surface area contributed by atoms with Crippen LogP contribution < -0.4 is 0 Å². The van der Waals surface area contributed by atoms with Crippen LogP contribution in [0.5, 0.6) is 0 Å². The third-order valence-corrected chi connectivity index (χ3v) is 6.27. The molecule has 0 aromatic carbocycles. The summed E-state index contributed by atoms with van der Waals surface area (Å²) < 4.78 is 0. The molecule has 0 radical (unpaired) electrons. The molecule has 4 fully saturated rings.